The minimum absolute atomic E-state index is 0.157. The van der Waals surface area contributed by atoms with Crippen molar-refractivity contribution in [2.75, 3.05) is 31.6 Å². The van der Waals surface area contributed by atoms with Crippen LogP contribution >= 0.6 is 11.6 Å². The molecule has 4 rings (SSSR count). The summed E-state index contributed by atoms with van der Waals surface area (Å²) >= 11 is 6.08. The Kier molecular flexibility index (Phi) is 4.77. The first-order valence-corrected chi connectivity index (χ1v) is 10.1. The Bertz CT molecular complexity index is 841. The van der Waals surface area contributed by atoms with Crippen molar-refractivity contribution < 1.29 is 5.11 Å². The van der Waals surface area contributed by atoms with Gasteiger partial charge in [0.25, 0.3) is 0 Å². The van der Waals surface area contributed by atoms with Crippen molar-refractivity contribution in [1.82, 2.24) is 15.1 Å². The lowest BCUT2D eigenvalue weighted by atomic mass is 9.76. The monoisotopic (exact) mass is 386 g/mol. The molecule has 0 amide bonds. The number of halogens is 1. The first-order valence-electron chi connectivity index (χ1n) is 9.72. The Morgan fingerprint density at radius 1 is 1.22 bits per heavy atom. The van der Waals surface area contributed by atoms with Gasteiger partial charge in [-0.25, -0.2) is 0 Å². The molecular formula is C21H27ClN4O. The summed E-state index contributed by atoms with van der Waals surface area (Å²) in [6.07, 6.45) is 3.20. The van der Waals surface area contributed by atoms with Crippen molar-refractivity contribution >= 4 is 17.4 Å². The van der Waals surface area contributed by atoms with Gasteiger partial charge in [-0.05, 0) is 68.1 Å². The molecule has 2 aromatic rings. The Morgan fingerprint density at radius 2 is 2.00 bits per heavy atom. The van der Waals surface area contributed by atoms with Crippen molar-refractivity contribution in [3.63, 3.8) is 0 Å². The highest BCUT2D eigenvalue weighted by molar-refractivity contribution is 6.31. The highest BCUT2D eigenvalue weighted by Crippen LogP contribution is 2.44. The van der Waals surface area contributed by atoms with E-state index in [0.29, 0.717) is 22.2 Å². The maximum atomic E-state index is 10.4. The Morgan fingerprint density at radius 3 is 2.70 bits per heavy atom. The summed E-state index contributed by atoms with van der Waals surface area (Å²) in [4.78, 5) is 4.82. The van der Waals surface area contributed by atoms with Gasteiger partial charge in [-0.1, -0.05) is 25.4 Å². The summed E-state index contributed by atoms with van der Waals surface area (Å²) < 4.78 is 0. The van der Waals surface area contributed by atoms with Crippen LogP contribution in [-0.4, -0.2) is 52.9 Å². The van der Waals surface area contributed by atoms with Crippen LogP contribution in [0.4, 0.5) is 5.82 Å². The predicted octanol–water partition coefficient (Wildman–Crippen LogP) is 3.99. The third-order valence-corrected chi connectivity index (χ3v) is 6.62. The first kappa shape index (κ1) is 18.5. The van der Waals surface area contributed by atoms with Crippen LogP contribution < -0.4 is 4.90 Å². The average Bonchev–Trinajstić information content (AvgIpc) is 2.98. The van der Waals surface area contributed by atoms with E-state index >= 15 is 0 Å². The molecule has 2 saturated heterocycles. The number of aromatic hydroxyl groups is 1. The molecule has 5 nitrogen and oxygen atoms in total. The number of aromatic nitrogens is 2. The smallest absolute Gasteiger partial charge is 0.151 e. The van der Waals surface area contributed by atoms with Crippen LogP contribution in [0, 0.1) is 5.41 Å². The van der Waals surface area contributed by atoms with Gasteiger partial charge in [-0.3, -0.25) is 0 Å². The van der Waals surface area contributed by atoms with Crippen molar-refractivity contribution in [2.24, 2.45) is 5.41 Å². The minimum atomic E-state index is 0.157. The van der Waals surface area contributed by atoms with Crippen molar-refractivity contribution in [1.29, 1.82) is 0 Å². The van der Waals surface area contributed by atoms with E-state index in [1.54, 1.807) is 6.07 Å². The molecule has 1 aromatic heterocycles. The Labute approximate surface area is 166 Å². The number of likely N-dealkylation sites (N-methyl/N-ethyl adjacent to an activating group) is 1. The Balaban J connectivity index is 1.64. The highest BCUT2D eigenvalue weighted by Gasteiger charge is 2.46. The zero-order valence-corrected chi connectivity index (χ0v) is 17.0. The molecule has 0 aliphatic carbocycles. The van der Waals surface area contributed by atoms with E-state index in [1.807, 2.05) is 25.1 Å². The number of hydrogen-bond donors (Lipinski definition) is 1. The van der Waals surface area contributed by atoms with Crippen molar-refractivity contribution in [3.8, 4) is 17.0 Å². The second-order valence-electron chi connectivity index (χ2n) is 8.21. The summed E-state index contributed by atoms with van der Waals surface area (Å²) in [5.74, 6) is 1.08. The van der Waals surface area contributed by atoms with E-state index in [1.165, 1.54) is 19.4 Å². The average molecular weight is 387 g/mol. The fourth-order valence-electron chi connectivity index (χ4n) is 4.63. The zero-order valence-electron chi connectivity index (χ0n) is 16.2. The van der Waals surface area contributed by atoms with Gasteiger partial charge in [0.1, 0.15) is 5.75 Å². The second kappa shape index (κ2) is 6.95. The van der Waals surface area contributed by atoms with Crippen molar-refractivity contribution in [3.05, 3.63) is 34.9 Å². The molecule has 2 atom stereocenters. The normalized spacial score (nSPS) is 25.6. The number of aryl methyl sites for hydroxylation is 1. The summed E-state index contributed by atoms with van der Waals surface area (Å²) in [5, 5.41) is 19.9. The molecule has 144 valence electrons. The van der Waals surface area contributed by atoms with Gasteiger partial charge in [0, 0.05) is 29.7 Å². The molecular weight excluding hydrogens is 360 g/mol. The molecule has 0 spiro atoms. The number of benzene rings is 1. The summed E-state index contributed by atoms with van der Waals surface area (Å²) in [5.41, 5.74) is 2.75. The number of anilines is 1. The Hall–Kier alpha value is -1.85. The number of piperidine rings is 1. The first-order chi connectivity index (χ1) is 12.9. The maximum absolute atomic E-state index is 10.4. The number of phenols is 1. The molecule has 0 saturated carbocycles. The molecule has 0 unspecified atom stereocenters. The number of rotatable bonds is 3. The van der Waals surface area contributed by atoms with Crippen LogP contribution in [0.2, 0.25) is 5.02 Å². The number of nitrogens with zero attached hydrogens (tertiary/aromatic N) is 4. The van der Waals surface area contributed by atoms with E-state index in [0.717, 1.165) is 36.5 Å². The van der Waals surface area contributed by atoms with Gasteiger partial charge < -0.3 is 14.9 Å². The number of hydrogen-bond acceptors (Lipinski definition) is 5. The fourth-order valence-corrected chi connectivity index (χ4v) is 4.86. The summed E-state index contributed by atoms with van der Waals surface area (Å²) in [6.45, 7) is 7.71. The number of phenolic OH excluding ortho intramolecular Hbond substituents is 1. The lowest BCUT2D eigenvalue weighted by Crippen LogP contribution is -2.51. The maximum Gasteiger partial charge on any atom is 0.151 e. The van der Waals surface area contributed by atoms with Crippen LogP contribution in [0.15, 0.2) is 24.3 Å². The van der Waals surface area contributed by atoms with Gasteiger partial charge in [-0.15, -0.1) is 10.2 Å². The van der Waals surface area contributed by atoms with Crippen LogP contribution in [0.25, 0.3) is 11.3 Å². The third-order valence-electron chi connectivity index (χ3n) is 6.40. The molecule has 1 N–H and O–H groups in total. The number of likely N-dealkylation sites (tertiary alicyclic amines) is 1. The molecule has 3 heterocycles. The van der Waals surface area contributed by atoms with Crippen molar-refractivity contribution in [2.45, 2.75) is 39.2 Å². The van der Waals surface area contributed by atoms with Gasteiger partial charge in [0.05, 0.1) is 5.69 Å². The lowest BCUT2D eigenvalue weighted by molar-refractivity contribution is 0.132. The van der Waals surface area contributed by atoms with Crippen LogP contribution in [0.1, 0.15) is 32.3 Å². The van der Waals surface area contributed by atoms with Crippen LogP contribution in [0.5, 0.6) is 5.75 Å². The topological polar surface area (TPSA) is 52.5 Å². The minimum Gasteiger partial charge on any atom is -0.507 e. The molecule has 0 bridgehead atoms. The van der Waals surface area contributed by atoms with Gasteiger partial charge >= 0.3 is 0 Å². The molecule has 1 aromatic carbocycles. The van der Waals surface area contributed by atoms with Gasteiger partial charge in [0.15, 0.2) is 5.82 Å². The molecule has 2 aliphatic heterocycles. The zero-order chi connectivity index (χ0) is 19.2. The van der Waals surface area contributed by atoms with Crippen LogP contribution in [-0.2, 0) is 6.42 Å². The van der Waals surface area contributed by atoms with Crippen LogP contribution in [0.3, 0.4) is 0 Å². The fraction of sp³-hybridized carbons (Fsp3) is 0.524. The molecule has 2 fully saturated rings. The van der Waals surface area contributed by atoms with Gasteiger partial charge in [0.2, 0.25) is 0 Å². The molecule has 0 radical (unpaired) electrons. The van der Waals surface area contributed by atoms with Gasteiger partial charge in [-0.2, -0.15) is 0 Å². The van der Waals surface area contributed by atoms with E-state index in [2.05, 4.69) is 34.0 Å². The molecule has 2 aliphatic rings. The number of fused-ring (bicyclic) bond motifs is 1. The van der Waals surface area contributed by atoms with E-state index in [9.17, 15) is 5.11 Å². The molecule has 6 heteroatoms. The molecule has 27 heavy (non-hydrogen) atoms. The van der Waals surface area contributed by atoms with E-state index in [4.69, 9.17) is 11.6 Å². The quantitative estimate of drug-likeness (QED) is 0.864. The largest absolute Gasteiger partial charge is 0.507 e. The van der Waals surface area contributed by atoms with E-state index < -0.39 is 0 Å². The lowest BCUT2D eigenvalue weighted by Gasteiger charge is -2.43. The summed E-state index contributed by atoms with van der Waals surface area (Å²) in [6, 6.07) is 7.93. The second-order valence-corrected chi connectivity index (χ2v) is 8.65. The predicted molar refractivity (Wildman–Crippen MR) is 109 cm³/mol. The summed E-state index contributed by atoms with van der Waals surface area (Å²) in [7, 11) is 2.19. The highest BCUT2D eigenvalue weighted by atomic mass is 35.5. The third kappa shape index (κ3) is 3.27. The van der Waals surface area contributed by atoms with E-state index in [-0.39, 0.29) is 5.75 Å². The SMILES string of the molecule is CCc1cc(Cl)cc(O)c1-c1ccc(N2CC[C@@]3(C)CCN(C)C[C@@H]23)nn1. The standard InChI is InChI=1S/C21H27ClN4O/c1-4-14-11-15(22)12-17(27)20(14)16-5-6-19(24-23-16)26-10-8-21(2)7-9-25(3)13-18(21)26/h5-6,11-12,18,27H,4,7-10,13H2,1-3H3/t18-,21-/m1/s1.